The number of rotatable bonds is 2. The highest BCUT2D eigenvalue weighted by molar-refractivity contribution is 5.96. The smallest absolute Gasteiger partial charge is 0.228 e. The first-order chi connectivity index (χ1) is 8.94. The number of amides is 1. The van der Waals surface area contributed by atoms with E-state index >= 15 is 0 Å². The Morgan fingerprint density at radius 2 is 2.21 bits per heavy atom. The van der Waals surface area contributed by atoms with E-state index in [9.17, 15) is 4.79 Å². The predicted octanol–water partition coefficient (Wildman–Crippen LogP) is 2.29. The summed E-state index contributed by atoms with van der Waals surface area (Å²) in [4.78, 5) is 12.1. The summed E-state index contributed by atoms with van der Waals surface area (Å²) in [6, 6.07) is 5.85. The molecule has 1 aliphatic carbocycles. The number of carbonyl (C=O) groups excluding carboxylic acids is 1. The molecule has 0 aromatic heterocycles. The maximum atomic E-state index is 12.1. The molecule has 3 N–H and O–H groups in total. The van der Waals surface area contributed by atoms with Crippen LogP contribution in [-0.4, -0.2) is 12.5 Å². The van der Waals surface area contributed by atoms with Gasteiger partial charge >= 0.3 is 0 Å². The third-order valence-electron chi connectivity index (χ3n) is 3.59. The molecule has 1 aromatic carbocycles. The molecule has 3 heteroatoms. The Labute approximate surface area is 114 Å². The van der Waals surface area contributed by atoms with E-state index in [0.29, 0.717) is 6.54 Å². The van der Waals surface area contributed by atoms with Crippen LogP contribution < -0.4 is 11.1 Å². The van der Waals surface area contributed by atoms with Crippen LogP contribution >= 0.6 is 0 Å². The van der Waals surface area contributed by atoms with Crippen molar-refractivity contribution in [2.45, 2.75) is 27.2 Å². The van der Waals surface area contributed by atoms with Gasteiger partial charge in [-0.2, -0.15) is 0 Å². The highest BCUT2D eigenvalue weighted by atomic mass is 16.2. The minimum atomic E-state index is 0.0876. The van der Waals surface area contributed by atoms with Crippen LogP contribution in [0.1, 0.15) is 31.4 Å². The molecular formula is C16H20N2O. The summed E-state index contributed by atoms with van der Waals surface area (Å²) in [5.74, 6) is 6.05. The third kappa shape index (κ3) is 3.15. The fourth-order valence-electron chi connectivity index (χ4n) is 2.15. The fraction of sp³-hybridized carbons (Fsp3) is 0.438. The Morgan fingerprint density at radius 3 is 2.79 bits per heavy atom. The van der Waals surface area contributed by atoms with Crippen molar-refractivity contribution >= 4 is 11.6 Å². The third-order valence-corrected chi connectivity index (χ3v) is 3.59. The second-order valence-electron chi connectivity index (χ2n) is 5.79. The zero-order valence-electron chi connectivity index (χ0n) is 11.7. The standard InChI is InChI=1S/C16H20N2O/c1-11-6-7-14(12(9-11)5-4-8-17)18-15(19)13-10-16(13,2)3/h6-7,9,13H,8,10,17H2,1-3H3,(H,18,19). The molecule has 0 radical (unpaired) electrons. The second kappa shape index (κ2) is 5.07. The number of nitrogens with two attached hydrogens (primary N) is 1. The highest BCUT2D eigenvalue weighted by Gasteiger charge is 2.50. The lowest BCUT2D eigenvalue weighted by molar-refractivity contribution is -0.118. The number of hydrogen-bond donors (Lipinski definition) is 2. The zero-order chi connectivity index (χ0) is 14.0. The quantitative estimate of drug-likeness (QED) is 0.798. The molecule has 1 unspecified atom stereocenters. The Balaban J connectivity index is 2.18. The largest absolute Gasteiger partial charge is 0.325 e. The van der Waals surface area contributed by atoms with E-state index in [1.807, 2.05) is 25.1 Å². The van der Waals surface area contributed by atoms with E-state index in [2.05, 4.69) is 31.0 Å². The molecule has 3 nitrogen and oxygen atoms in total. The van der Waals surface area contributed by atoms with Gasteiger partial charge < -0.3 is 11.1 Å². The van der Waals surface area contributed by atoms with E-state index in [1.54, 1.807) is 0 Å². The van der Waals surface area contributed by atoms with E-state index in [4.69, 9.17) is 5.73 Å². The molecule has 2 rings (SSSR count). The minimum Gasteiger partial charge on any atom is -0.325 e. The van der Waals surface area contributed by atoms with Crippen molar-refractivity contribution in [1.29, 1.82) is 0 Å². The number of nitrogens with one attached hydrogen (secondary N) is 1. The van der Waals surface area contributed by atoms with Crippen molar-refractivity contribution in [3.05, 3.63) is 29.3 Å². The zero-order valence-corrected chi connectivity index (χ0v) is 11.7. The lowest BCUT2D eigenvalue weighted by Crippen LogP contribution is -2.17. The van der Waals surface area contributed by atoms with Crippen molar-refractivity contribution < 1.29 is 4.79 Å². The van der Waals surface area contributed by atoms with Gasteiger partial charge in [0.05, 0.1) is 12.2 Å². The van der Waals surface area contributed by atoms with Gasteiger partial charge in [0.15, 0.2) is 0 Å². The molecule has 19 heavy (non-hydrogen) atoms. The first kappa shape index (κ1) is 13.6. The van der Waals surface area contributed by atoms with Crippen LogP contribution in [0.3, 0.4) is 0 Å². The molecule has 0 spiro atoms. The normalized spacial score (nSPS) is 19.3. The average Bonchev–Trinajstić information content (AvgIpc) is 2.99. The molecule has 1 aromatic rings. The summed E-state index contributed by atoms with van der Waals surface area (Å²) in [5.41, 5.74) is 8.26. The Kier molecular flexibility index (Phi) is 3.64. The summed E-state index contributed by atoms with van der Waals surface area (Å²) in [6.07, 6.45) is 0.953. The van der Waals surface area contributed by atoms with E-state index in [1.165, 1.54) is 0 Å². The molecule has 1 atom stereocenters. The van der Waals surface area contributed by atoms with Gasteiger partial charge in [0.1, 0.15) is 0 Å². The van der Waals surface area contributed by atoms with Crippen molar-refractivity contribution in [3.8, 4) is 11.8 Å². The van der Waals surface area contributed by atoms with Crippen LogP contribution in [-0.2, 0) is 4.79 Å². The van der Waals surface area contributed by atoms with Crippen LogP contribution in [0.4, 0.5) is 5.69 Å². The minimum absolute atomic E-state index is 0.0876. The second-order valence-corrected chi connectivity index (χ2v) is 5.79. The molecule has 0 heterocycles. The molecule has 1 aliphatic rings. The molecule has 0 aliphatic heterocycles. The number of carbonyl (C=O) groups is 1. The van der Waals surface area contributed by atoms with E-state index in [-0.39, 0.29) is 17.2 Å². The van der Waals surface area contributed by atoms with Gasteiger partial charge in [-0.05, 0) is 36.5 Å². The molecule has 0 bridgehead atoms. The maximum Gasteiger partial charge on any atom is 0.228 e. The molecule has 1 amide bonds. The monoisotopic (exact) mass is 256 g/mol. The summed E-state index contributed by atoms with van der Waals surface area (Å²) in [6.45, 7) is 6.54. The molecule has 0 saturated heterocycles. The van der Waals surface area contributed by atoms with Gasteiger partial charge in [-0.25, -0.2) is 0 Å². The van der Waals surface area contributed by atoms with Crippen LogP contribution in [0.25, 0.3) is 0 Å². The van der Waals surface area contributed by atoms with Crippen molar-refractivity contribution in [3.63, 3.8) is 0 Å². The Morgan fingerprint density at radius 1 is 1.53 bits per heavy atom. The van der Waals surface area contributed by atoms with Crippen molar-refractivity contribution in [1.82, 2.24) is 0 Å². The van der Waals surface area contributed by atoms with Gasteiger partial charge in [0.2, 0.25) is 5.91 Å². The maximum absolute atomic E-state index is 12.1. The molecular weight excluding hydrogens is 236 g/mol. The number of hydrogen-bond acceptors (Lipinski definition) is 2. The first-order valence-corrected chi connectivity index (χ1v) is 6.54. The number of aryl methyl sites for hydroxylation is 1. The van der Waals surface area contributed by atoms with Crippen LogP contribution in [0.15, 0.2) is 18.2 Å². The van der Waals surface area contributed by atoms with E-state index < -0.39 is 0 Å². The first-order valence-electron chi connectivity index (χ1n) is 6.54. The average molecular weight is 256 g/mol. The fourth-order valence-corrected chi connectivity index (χ4v) is 2.15. The highest BCUT2D eigenvalue weighted by Crippen LogP contribution is 2.52. The van der Waals surface area contributed by atoms with Gasteiger partial charge in [-0.15, -0.1) is 0 Å². The number of anilines is 1. The SMILES string of the molecule is Cc1ccc(NC(=O)C2CC2(C)C)c(C#CCN)c1. The predicted molar refractivity (Wildman–Crippen MR) is 77.6 cm³/mol. The van der Waals surface area contributed by atoms with Crippen LogP contribution in [0, 0.1) is 30.1 Å². The molecule has 1 saturated carbocycles. The summed E-state index contributed by atoms with van der Waals surface area (Å²) >= 11 is 0. The lowest BCUT2D eigenvalue weighted by Gasteiger charge is -2.09. The van der Waals surface area contributed by atoms with Crippen molar-refractivity contribution in [2.24, 2.45) is 17.1 Å². The van der Waals surface area contributed by atoms with Crippen molar-refractivity contribution in [2.75, 3.05) is 11.9 Å². The molecule has 100 valence electrons. The topological polar surface area (TPSA) is 55.1 Å². The summed E-state index contributed by atoms with van der Waals surface area (Å²) < 4.78 is 0. The van der Waals surface area contributed by atoms with E-state index in [0.717, 1.165) is 23.2 Å². The van der Waals surface area contributed by atoms with Crippen LogP contribution in [0.5, 0.6) is 0 Å². The Bertz CT molecular complexity index is 564. The Hall–Kier alpha value is -1.79. The van der Waals surface area contributed by atoms with Gasteiger partial charge in [-0.3, -0.25) is 4.79 Å². The number of benzene rings is 1. The lowest BCUT2D eigenvalue weighted by atomic mass is 10.1. The van der Waals surface area contributed by atoms with Gasteiger partial charge in [-0.1, -0.05) is 31.8 Å². The summed E-state index contributed by atoms with van der Waals surface area (Å²) in [5, 5.41) is 2.98. The van der Waals surface area contributed by atoms with Crippen LogP contribution in [0.2, 0.25) is 0 Å². The molecule has 1 fully saturated rings. The summed E-state index contributed by atoms with van der Waals surface area (Å²) in [7, 11) is 0. The van der Waals surface area contributed by atoms with Gasteiger partial charge in [0.25, 0.3) is 0 Å². The van der Waals surface area contributed by atoms with Gasteiger partial charge in [0, 0.05) is 11.5 Å².